The van der Waals surface area contributed by atoms with Crippen LogP contribution in [-0.4, -0.2) is 7.11 Å². The highest BCUT2D eigenvalue weighted by molar-refractivity contribution is 9.10. The van der Waals surface area contributed by atoms with Crippen LogP contribution in [0, 0.1) is 6.92 Å². The lowest BCUT2D eigenvalue weighted by atomic mass is 10.0. The fourth-order valence-corrected chi connectivity index (χ4v) is 3.47. The molecule has 0 radical (unpaired) electrons. The van der Waals surface area contributed by atoms with E-state index in [0.717, 1.165) is 26.9 Å². The van der Waals surface area contributed by atoms with Crippen molar-refractivity contribution in [1.82, 2.24) is 0 Å². The molecule has 2 aromatic carbocycles. The van der Waals surface area contributed by atoms with Crippen molar-refractivity contribution in [3.05, 3.63) is 61.5 Å². The second-order valence-corrected chi connectivity index (χ2v) is 7.05. The molecule has 0 spiro atoms. The van der Waals surface area contributed by atoms with E-state index in [4.69, 9.17) is 27.9 Å². The fraction of sp³-hybridized carbons (Fsp3) is 0.200. The van der Waals surface area contributed by atoms with Gasteiger partial charge in [-0.2, -0.15) is 0 Å². The molecule has 0 aromatic heterocycles. The van der Waals surface area contributed by atoms with Crippen LogP contribution in [0.15, 0.2) is 34.8 Å². The molecule has 1 nitrogen and oxygen atoms in total. The SMILES string of the molecule is COc1cc(C)c(Br)cc1C(Br)c1cc(Cl)cc(Cl)c1. The minimum absolute atomic E-state index is 0.0504. The van der Waals surface area contributed by atoms with Crippen LogP contribution in [0.3, 0.4) is 0 Å². The third-order valence-corrected chi connectivity index (χ3v) is 5.27. The zero-order valence-corrected chi connectivity index (χ0v) is 15.6. The summed E-state index contributed by atoms with van der Waals surface area (Å²) in [5.74, 6) is 0.823. The summed E-state index contributed by atoms with van der Waals surface area (Å²) >= 11 is 19.4. The Morgan fingerprint density at radius 2 is 1.65 bits per heavy atom. The van der Waals surface area contributed by atoms with Crippen LogP contribution in [0.25, 0.3) is 0 Å². The van der Waals surface area contributed by atoms with Gasteiger partial charge in [-0.15, -0.1) is 0 Å². The van der Waals surface area contributed by atoms with Crippen molar-refractivity contribution in [1.29, 1.82) is 0 Å². The molecule has 1 atom stereocenters. The minimum Gasteiger partial charge on any atom is -0.496 e. The van der Waals surface area contributed by atoms with Gasteiger partial charge in [0.05, 0.1) is 11.9 Å². The Balaban J connectivity index is 2.52. The summed E-state index contributed by atoms with van der Waals surface area (Å²) in [6.45, 7) is 2.02. The van der Waals surface area contributed by atoms with Gasteiger partial charge in [-0.3, -0.25) is 0 Å². The Hall–Kier alpha value is -0.220. The number of benzene rings is 2. The van der Waals surface area contributed by atoms with E-state index < -0.39 is 0 Å². The van der Waals surface area contributed by atoms with Crippen molar-refractivity contribution < 1.29 is 4.74 Å². The van der Waals surface area contributed by atoms with Gasteiger partial charge in [0, 0.05) is 20.1 Å². The van der Waals surface area contributed by atoms with Gasteiger partial charge in [-0.05, 0) is 48.4 Å². The standard InChI is InChI=1S/C15H12Br2Cl2O/c1-8-3-14(20-2)12(7-13(8)16)15(17)9-4-10(18)6-11(19)5-9/h3-7,15H,1-2H3. The molecule has 0 saturated carbocycles. The van der Waals surface area contributed by atoms with Crippen LogP contribution in [0.4, 0.5) is 0 Å². The number of methoxy groups -OCH3 is 1. The van der Waals surface area contributed by atoms with Crippen molar-refractivity contribution in [3.63, 3.8) is 0 Å². The lowest BCUT2D eigenvalue weighted by molar-refractivity contribution is 0.410. The van der Waals surface area contributed by atoms with Gasteiger partial charge in [0.15, 0.2) is 0 Å². The summed E-state index contributed by atoms with van der Waals surface area (Å²) in [5, 5.41) is 1.23. The quantitative estimate of drug-likeness (QED) is 0.493. The van der Waals surface area contributed by atoms with E-state index in [1.807, 2.05) is 31.2 Å². The first-order chi connectivity index (χ1) is 9.42. The molecule has 0 bridgehead atoms. The molecule has 20 heavy (non-hydrogen) atoms. The summed E-state index contributed by atoms with van der Waals surface area (Å²) < 4.78 is 6.50. The van der Waals surface area contributed by atoms with Crippen molar-refractivity contribution >= 4 is 55.1 Å². The van der Waals surface area contributed by atoms with Gasteiger partial charge in [-0.25, -0.2) is 0 Å². The maximum atomic E-state index is 6.07. The third-order valence-electron chi connectivity index (χ3n) is 2.96. The molecule has 5 heteroatoms. The normalized spacial score (nSPS) is 12.3. The van der Waals surface area contributed by atoms with Crippen LogP contribution < -0.4 is 4.74 Å². The zero-order chi connectivity index (χ0) is 14.9. The zero-order valence-electron chi connectivity index (χ0n) is 10.9. The number of hydrogen-bond donors (Lipinski definition) is 0. The van der Waals surface area contributed by atoms with Crippen LogP contribution >= 0.6 is 55.1 Å². The minimum atomic E-state index is -0.0504. The van der Waals surface area contributed by atoms with E-state index in [9.17, 15) is 0 Å². The van der Waals surface area contributed by atoms with Crippen LogP contribution in [0.5, 0.6) is 5.75 Å². The van der Waals surface area contributed by atoms with Crippen molar-refractivity contribution in [2.45, 2.75) is 11.8 Å². The predicted octanol–water partition coefficient (Wildman–Crippen LogP) is 6.56. The molecule has 1 unspecified atom stereocenters. The number of rotatable bonds is 3. The molecule has 0 N–H and O–H groups in total. The molecule has 0 aliphatic carbocycles. The average Bonchev–Trinajstić information content (AvgIpc) is 2.39. The predicted molar refractivity (Wildman–Crippen MR) is 92.7 cm³/mol. The number of ether oxygens (including phenoxy) is 1. The Bertz CT molecular complexity index is 624. The first-order valence-electron chi connectivity index (χ1n) is 5.86. The van der Waals surface area contributed by atoms with Gasteiger partial charge in [-0.1, -0.05) is 55.1 Å². The smallest absolute Gasteiger partial charge is 0.123 e. The molecule has 2 aromatic rings. The van der Waals surface area contributed by atoms with E-state index in [0.29, 0.717) is 10.0 Å². The van der Waals surface area contributed by atoms with E-state index >= 15 is 0 Å². The highest BCUT2D eigenvalue weighted by atomic mass is 79.9. The van der Waals surface area contributed by atoms with Gasteiger partial charge < -0.3 is 4.74 Å². The first-order valence-corrected chi connectivity index (χ1v) is 8.33. The molecule has 0 fully saturated rings. The van der Waals surface area contributed by atoms with E-state index in [1.165, 1.54) is 0 Å². The maximum absolute atomic E-state index is 6.07. The molecular weight excluding hydrogens is 427 g/mol. The van der Waals surface area contributed by atoms with Crippen molar-refractivity contribution in [2.75, 3.05) is 7.11 Å². The summed E-state index contributed by atoms with van der Waals surface area (Å²) in [6, 6.07) is 9.54. The highest BCUT2D eigenvalue weighted by Gasteiger charge is 2.18. The van der Waals surface area contributed by atoms with Crippen molar-refractivity contribution in [3.8, 4) is 5.75 Å². The van der Waals surface area contributed by atoms with Crippen LogP contribution in [0.2, 0.25) is 10.0 Å². The molecule has 0 aliphatic rings. The lowest BCUT2D eigenvalue weighted by Crippen LogP contribution is -1.98. The Morgan fingerprint density at radius 3 is 2.20 bits per heavy atom. The van der Waals surface area contributed by atoms with Gasteiger partial charge in [0.2, 0.25) is 0 Å². The Morgan fingerprint density at radius 1 is 1.05 bits per heavy atom. The summed E-state index contributed by atoms with van der Waals surface area (Å²) in [7, 11) is 1.66. The summed E-state index contributed by atoms with van der Waals surface area (Å²) in [4.78, 5) is -0.0504. The average molecular weight is 439 g/mol. The molecule has 2 rings (SSSR count). The van der Waals surface area contributed by atoms with E-state index in [1.54, 1.807) is 13.2 Å². The molecule has 0 aliphatic heterocycles. The second-order valence-electron chi connectivity index (χ2n) is 4.41. The van der Waals surface area contributed by atoms with Crippen molar-refractivity contribution in [2.24, 2.45) is 0 Å². The summed E-state index contributed by atoms with van der Waals surface area (Å²) in [6.07, 6.45) is 0. The lowest BCUT2D eigenvalue weighted by Gasteiger charge is -2.17. The van der Waals surface area contributed by atoms with E-state index in [2.05, 4.69) is 31.9 Å². The first kappa shape index (κ1) is 16.2. The number of aryl methyl sites for hydroxylation is 1. The Labute approximate surface area is 145 Å². The fourth-order valence-electron chi connectivity index (χ4n) is 1.95. The number of hydrogen-bond acceptors (Lipinski definition) is 1. The largest absolute Gasteiger partial charge is 0.496 e. The molecule has 106 valence electrons. The Kier molecular flexibility index (Phi) is 5.41. The number of alkyl halides is 1. The van der Waals surface area contributed by atoms with Gasteiger partial charge in [0.25, 0.3) is 0 Å². The second kappa shape index (κ2) is 6.69. The molecule has 0 amide bonds. The highest BCUT2D eigenvalue weighted by Crippen LogP contribution is 2.40. The maximum Gasteiger partial charge on any atom is 0.123 e. The van der Waals surface area contributed by atoms with Crippen LogP contribution in [0.1, 0.15) is 21.5 Å². The van der Waals surface area contributed by atoms with Gasteiger partial charge in [0.1, 0.15) is 5.75 Å². The monoisotopic (exact) mass is 436 g/mol. The topological polar surface area (TPSA) is 9.23 Å². The van der Waals surface area contributed by atoms with Crippen LogP contribution in [-0.2, 0) is 0 Å². The molecular formula is C15H12Br2Cl2O. The molecule has 0 saturated heterocycles. The van der Waals surface area contributed by atoms with E-state index in [-0.39, 0.29) is 4.83 Å². The summed E-state index contributed by atoms with van der Waals surface area (Å²) in [5.41, 5.74) is 3.12. The molecule has 0 heterocycles. The van der Waals surface area contributed by atoms with Gasteiger partial charge >= 0.3 is 0 Å². The third kappa shape index (κ3) is 3.51. The number of halogens is 4.